The average Bonchev–Trinajstić information content (AvgIpc) is 3.01. The molecule has 10 heteroatoms. The van der Waals surface area contributed by atoms with Crippen molar-refractivity contribution in [1.29, 1.82) is 0 Å². The molecule has 2 aromatic rings. The Morgan fingerprint density at radius 1 is 1.16 bits per heavy atom. The highest BCUT2D eigenvalue weighted by Gasteiger charge is 2.25. The Morgan fingerprint density at radius 2 is 1.94 bits per heavy atom. The van der Waals surface area contributed by atoms with E-state index < -0.39 is 17.1 Å². The Labute approximate surface area is 193 Å². The molecule has 0 saturated carbocycles. The Balaban J connectivity index is 1.75. The van der Waals surface area contributed by atoms with Crippen molar-refractivity contribution < 1.29 is 23.9 Å². The second kappa shape index (κ2) is 10.1. The van der Waals surface area contributed by atoms with Gasteiger partial charge in [-0.25, -0.2) is 0 Å². The maximum Gasteiger partial charge on any atom is 0.290 e. The van der Waals surface area contributed by atoms with E-state index in [2.05, 4.69) is 10.6 Å². The number of rotatable bonds is 7. The van der Waals surface area contributed by atoms with Crippen molar-refractivity contribution in [3.63, 3.8) is 0 Å². The Morgan fingerprint density at radius 3 is 2.58 bits per heavy atom. The molecule has 1 fully saturated rings. The van der Waals surface area contributed by atoms with Gasteiger partial charge in [0.15, 0.2) is 18.1 Å². The molecule has 0 aliphatic carbocycles. The van der Waals surface area contributed by atoms with Gasteiger partial charge in [-0.3, -0.25) is 19.7 Å². The molecule has 3 amide bonds. The van der Waals surface area contributed by atoms with Crippen molar-refractivity contribution in [3.8, 4) is 11.5 Å². The molecular weight excluding hydrogens is 463 g/mol. The fraction of sp³-hybridized carbons (Fsp3) is 0.190. The Bertz CT molecular complexity index is 1090. The summed E-state index contributed by atoms with van der Waals surface area (Å²) in [4.78, 5) is 35.6. The number of hydrogen-bond acceptors (Lipinski definition) is 6. The van der Waals surface area contributed by atoms with Crippen LogP contribution in [0.1, 0.15) is 18.1 Å². The van der Waals surface area contributed by atoms with Crippen molar-refractivity contribution in [1.82, 2.24) is 5.32 Å². The number of amides is 3. The van der Waals surface area contributed by atoms with Gasteiger partial charge in [-0.05, 0) is 67.1 Å². The van der Waals surface area contributed by atoms with Gasteiger partial charge >= 0.3 is 0 Å². The first-order chi connectivity index (χ1) is 14.8. The predicted octanol–water partition coefficient (Wildman–Crippen LogP) is 5.04. The summed E-state index contributed by atoms with van der Waals surface area (Å²) in [6.45, 7) is 3.67. The van der Waals surface area contributed by atoms with Gasteiger partial charge in [-0.1, -0.05) is 29.3 Å². The molecule has 0 radical (unpaired) electrons. The average molecular weight is 481 g/mol. The van der Waals surface area contributed by atoms with E-state index in [-0.39, 0.29) is 22.3 Å². The molecule has 1 heterocycles. The predicted molar refractivity (Wildman–Crippen MR) is 122 cm³/mol. The summed E-state index contributed by atoms with van der Waals surface area (Å²) >= 11 is 13.2. The molecule has 1 aliphatic rings. The van der Waals surface area contributed by atoms with Crippen LogP contribution in [0.3, 0.4) is 0 Å². The lowest BCUT2D eigenvalue weighted by atomic mass is 10.2. The van der Waals surface area contributed by atoms with Crippen molar-refractivity contribution in [2.75, 3.05) is 18.5 Å². The van der Waals surface area contributed by atoms with Crippen LogP contribution < -0.4 is 20.1 Å². The highest BCUT2D eigenvalue weighted by atomic mass is 35.5. The quantitative estimate of drug-likeness (QED) is 0.539. The number of ether oxygens (including phenoxy) is 2. The molecule has 0 unspecified atom stereocenters. The number of carbonyl (C=O) groups excluding carboxylic acids is 3. The lowest BCUT2D eigenvalue weighted by molar-refractivity contribution is -0.118. The van der Waals surface area contributed by atoms with Crippen LogP contribution in [-0.4, -0.2) is 30.3 Å². The molecule has 1 aliphatic heterocycles. The van der Waals surface area contributed by atoms with Gasteiger partial charge in [0.25, 0.3) is 17.1 Å². The molecule has 7 nitrogen and oxygen atoms in total. The topological polar surface area (TPSA) is 93.7 Å². The normalized spacial score (nSPS) is 14.5. The summed E-state index contributed by atoms with van der Waals surface area (Å²) in [5, 5.41) is 5.19. The number of nitrogens with one attached hydrogen (secondary N) is 2. The highest BCUT2D eigenvalue weighted by molar-refractivity contribution is 8.18. The molecule has 31 heavy (non-hydrogen) atoms. The maximum atomic E-state index is 12.3. The number of benzene rings is 2. The third-order valence-electron chi connectivity index (χ3n) is 4.07. The van der Waals surface area contributed by atoms with E-state index in [1.807, 2.05) is 6.92 Å². The summed E-state index contributed by atoms with van der Waals surface area (Å²) in [6.07, 6.45) is 1.52. The van der Waals surface area contributed by atoms with E-state index in [0.29, 0.717) is 28.6 Å². The van der Waals surface area contributed by atoms with E-state index in [1.54, 1.807) is 37.3 Å². The Kier molecular flexibility index (Phi) is 7.48. The van der Waals surface area contributed by atoms with E-state index in [4.69, 9.17) is 32.7 Å². The first kappa shape index (κ1) is 23.0. The summed E-state index contributed by atoms with van der Waals surface area (Å²) in [7, 11) is 0. The van der Waals surface area contributed by atoms with Gasteiger partial charge in [-0.15, -0.1) is 0 Å². The van der Waals surface area contributed by atoms with Gasteiger partial charge in [0.05, 0.1) is 16.5 Å². The van der Waals surface area contributed by atoms with Gasteiger partial charge in [-0.2, -0.15) is 0 Å². The lowest BCUT2D eigenvalue weighted by Gasteiger charge is -2.15. The van der Waals surface area contributed by atoms with Crippen LogP contribution in [-0.2, 0) is 9.59 Å². The number of thioether (sulfide) groups is 1. The zero-order chi connectivity index (χ0) is 22.5. The monoisotopic (exact) mass is 480 g/mol. The molecule has 0 spiro atoms. The van der Waals surface area contributed by atoms with Gasteiger partial charge in [0.1, 0.15) is 0 Å². The molecule has 1 saturated heterocycles. The van der Waals surface area contributed by atoms with Crippen LogP contribution in [0.25, 0.3) is 6.08 Å². The summed E-state index contributed by atoms with van der Waals surface area (Å²) in [5.41, 5.74) is 1.99. The van der Waals surface area contributed by atoms with Crippen molar-refractivity contribution in [2.24, 2.45) is 0 Å². The summed E-state index contributed by atoms with van der Waals surface area (Å²) in [6, 6.07) is 8.36. The second-order valence-electron chi connectivity index (χ2n) is 6.42. The maximum absolute atomic E-state index is 12.3. The van der Waals surface area contributed by atoms with Crippen LogP contribution >= 0.6 is 35.0 Å². The minimum absolute atomic E-state index is 0.193. The van der Waals surface area contributed by atoms with Crippen LogP contribution in [0.15, 0.2) is 35.2 Å². The fourth-order valence-corrected chi connectivity index (χ4v) is 3.79. The third kappa shape index (κ3) is 5.94. The molecule has 0 atom stereocenters. The molecule has 0 aromatic heterocycles. The van der Waals surface area contributed by atoms with E-state index >= 15 is 0 Å². The van der Waals surface area contributed by atoms with Crippen LogP contribution in [0.4, 0.5) is 10.5 Å². The number of carbonyl (C=O) groups is 3. The minimum Gasteiger partial charge on any atom is -0.490 e. The highest BCUT2D eigenvalue weighted by Crippen LogP contribution is 2.38. The number of aryl methyl sites for hydroxylation is 1. The molecule has 162 valence electrons. The molecule has 2 N–H and O–H groups in total. The number of imide groups is 1. The molecular formula is C21H18Cl2N2O5S. The van der Waals surface area contributed by atoms with Crippen LogP contribution in [0.2, 0.25) is 10.0 Å². The van der Waals surface area contributed by atoms with Crippen molar-refractivity contribution in [2.45, 2.75) is 13.8 Å². The summed E-state index contributed by atoms with van der Waals surface area (Å²) < 4.78 is 11.2. The number of anilines is 1. The number of halogens is 2. The largest absolute Gasteiger partial charge is 0.490 e. The molecule has 3 rings (SSSR count). The molecule has 0 bridgehead atoms. The standard InChI is InChI=1S/C21H18Cl2N2O5S/c1-3-29-16-7-12(8-17-20(27)25-21(28)31-17)6-15(23)19(16)30-10-18(26)24-13-5-4-11(2)14(22)9-13/h4-9H,3,10H2,1-2H3,(H,24,26)(H,25,27,28)/b17-8-. The fourth-order valence-electron chi connectivity index (χ4n) is 2.65. The smallest absolute Gasteiger partial charge is 0.290 e. The van der Waals surface area contributed by atoms with E-state index in [0.717, 1.165) is 17.3 Å². The van der Waals surface area contributed by atoms with E-state index in [1.165, 1.54) is 6.08 Å². The molecule has 2 aromatic carbocycles. The van der Waals surface area contributed by atoms with Crippen molar-refractivity contribution in [3.05, 3.63) is 56.4 Å². The van der Waals surface area contributed by atoms with Crippen molar-refractivity contribution >= 4 is 63.8 Å². The second-order valence-corrected chi connectivity index (χ2v) is 8.25. The van der Waals surface area contributed by atoms with E-state index in [9.17, 15) is 14.4 Å². The minimum atomic E-state index is -0.475. The zero-order valence-corrected chi connectivity index (χ0v) is 18.9. The first-order valence-corrected chi connectivity index (χ1v) is 10.7. The number of hydrogen-bond donors (Lipinski definition) is 2. The SMILES string of the molecule is CCOc1cc(/C=C2\SC(=O)NC2=O)cc(Cl)c1OCC(=O)Nc1ccc(C)c(Cl)c1. The van der Waals surface area contributed by atoms with Crippen LogP contribution in [0, 0.1) is 6.92 Å². The first-order valence-electron chi connectivity index (χ1n) is 9.16. The zero-order valence-electron chi connectivity index (χ0n) is 16.6. The Hall–Kier alpha value is -2.68. The van der Waals surface area contributed by atoms with Gasteiger partial charge < -0.3 is 14.8 Å². The summed E-state index contributed by atoms with van der Waals surface area (Å²) in [5.74, 6) is -0.371. The van der Waals surface area contributed by atoms with Crippen LogP contribution in [0.5, 0.6) is 11.5 Å². The van der Waals surface area contributed by atoms with Gasteiger partial charge in [0, 0.05) is 10.7 Å². The van der Waals surface area contributed by atoms with Gasteiger partial charge in [0.2, 0.25) is 0 Å². The lowest BCUT2D eigenvalue weighted by Crippen LogP contribution is -2.20. The third-order valence-corrected chi connectivity index (χ3v) is 5.57.